The van der Waals surface area contributed by atoms with Crippen molar-refractivity contribution in [2.45, 2.75) is 6.54 Å². The van der Waals surface area contributed by atoms with Gasteiger partial charge >= 0.3 is 0 Å². The lowest BCUT2D eigenvalue weighted by molar-refractivity contribution is 1.06. The highest BCUT2D eigenvalue weighted by molar-refractivity contribution is 7.26. The maximum Gasteiger partial charge on any atom is 0.161 e. The van der Waals surface area contributed by atoms with E-state index < -0.39 is 0 Å². The Kier molecular flexibility index (Phi) is 7.88. The first-order valence-electron chi connectivity index (χ1n) is 17.0. The topological polar surface area (TPSA) is 42.0 Å². The molecule has 51 heavy (non-hydrogen) atoms. The summed E-state index contributed by atoms with van der Waals surface area (Å²) in [5.74, 6) is 1.14. The van der Waals surface area contributed by atoms with Gasteiger partial charge in [-0.3, -0.25) is 4.99 Å². The van der Waals surface area contributed by atoms with E-state index in [2.05, 4.69) is 132 Å². The second-order valence-corrected chi connectivity index (χ2v) is 13.6. The van der Waals surface area contributed by atoms with Gasteiger partial charge in [-0.05, 0) is 59.8 Å². The van der Waals surface area contributed by atoms with Crippen LogP contribution < -0.4 is 0 Å². The molecule has 0 aliphatic heterocycles. The van der Waals surface area contributed by atoms with Crippen molar-refractivity contribution in [3.05, 3.63) is 187 Å². The lowest BCUT2D eigenvalue weighted by Crippen LogP contribution is -2.06. The van der Waals surface area contributed by atoms with E-state index in [1.807, 2.05) is 65.9 Å². The predicted octanol–water partition coefficient (Wildman–Crippen LogP) is 11.9. The molecule has 0 radical (unpaired) electrons. The summed E-state index contributed by atoms with van der Waals surface area (Å²) in [6.07, 6.45) is 0. The van der Waals surface area contributed by atoms with Crippen LogP contribution in [0.1, 0.15) is 16.7 Å². The SMILES string of the molecule is C=NC(=NC(=NCc1ccccc1)c1ccccc1)c1cccc(-n2c3ccccc3c3cc(-c4cccc5c4sc4ccccc45)ccc32)c1. The van der Waals surface area contributed by atoms with Crippen molar-refractivity contribution in [3.63, 3.8) is 0 Å². The van der Waals surface area contributed by atoms with Crippen LogP contribution >= 0.6 is 11.3 Å². The average molecular weight is 673 g/mol. The zero-order valence-corrected chi connectivity index (χ0v) is 28.6. The molecular weight excluding hydrogens is 641 g/mol. The molecule has 0 unspecified atom stereocenters. The van der Waals surface area contributed by atoms with Gasteiger partial charge in [0.05, 0.1) is 17.6 Å². The fourth-order valence-electron chi connectivity index (χ4n) is 7.00. The van der Waals surface area contributed by atoms with E-state index in [0.717, 1.165) is 33.4 Å². The molecule has 9 aromatic rings. The Balaban J connectivity index is 1.16. The Labute approximate surface area is 300 Å². The van der Waals surface area contributed by atoms with Gasteiger partial charge in [-0.25, -0.2) is 9.98 Å². The van der Waals surface area contributed by atoms with Crippen LogP contribution in [-0.2, 0) is 6.54 Å². The first kappa shape index (κ1) is 30.6. The van der Waals surface area contributed by atoms with Crippen LogP contribution in [0.3, 0.4) is 0 Å². The van der Waals surface area contributed by atoms with Gasteiger partial charge in [0, 0.05) is 47.8 Å². The van der Waals surface area contributed by atoms with E-state index in [1.54, 1.807) is 0 Å². The van der Waals surface area contributed by atoms with E-state index >= 15 is 0 Å². The Bertz CT molecular complexity index is 2790. The Hall–Kier alpha value is -6.43. The molecule has 0 spiro atoms. The number of aliphatic imine (C=N–C) groups is 3. The Morgan fingerprint density at radius 1 is 0.549 bits per heavy atom. The van der Waals surface area contributed by atoms with Gasteiger partial charge in [-0.2, -0.15) is 0 Å². The number of hydrogen-bond donors (Lipinski definition) is 0. The smallest absolute Gasteiger partial charge is 0.161 e. The molecule has 0 bridgehead atoms. The average Bonchev–Trinajstić information content (AvgIpc) is 3.74. The molecule has 0 aliphatic rings. The molecule has 0 N–H and O–H groups in total. The minimum absolute atomic E-state index is 0.514. The minimum atomic E-state index is 0.514. The third-order valence-electron chi connectivity index (χ3n) is 9.40. The largest absolute Gasteiger partial charge is 0.309 e. The molecule has 0 saturated carbocycles. The summed E-state index contributed by atoms with van der Waals surface area (Å²) in [5, 5.41) is 5.04. The van der Waals surface area contributed by atoms with Crippen LogP contribution in [0.15, 0.2) is 185 Å². The maximum absolute atomic E-state index is 5.01. The van der Waals surface area contributed by atoms with Crippen molar-refractivity contribution >= 4 is 71.7 Å². The highest BCUT2D eigenvalue weighted by Gasteiger charge is 2.16. The van der Waals surface area contributed by atoms with Crippen molar-refractivity contribution in [2.24, 2.45) is 15.0 Å². The summed E-state index contributed by atoms with van der Waals surface area (Å²) in [7, 11) is 0. The predicted molar refractivity (Wildman–Crippen MR) is 218 cm³/mol. The fraction of sp³-hybridized carbons (Fsp3) is 0.0217. The third kappa shape index (κ3) is 5.64. The Morgan fingerprint density at radius 3 is 2.08 bits per heavy atom. The van der Waals surface area contributed by atoms with Gasteiger partial charge in [-0.1, -0.05) is 133 Å². The number of thiophene rings is 1. The van der Waals surface area contributed by atoms with Gasteiger partial charge in [0.1, 0.15) is 0 Å². The molecular formula is C46H32N4S. The molecule has 2 heterocycles. The molecule has 4 nitrogen and oxygen atoms in total. The molecule has 0 amide bonds. The number of nitrogens with zero attached hydrogens (tertiary/aromatic N) is 4. The minimum Gasteiger partial charge on any atom is -0.309 e. The van der Waals surface area contributed by atoms with Crippen molar-refractivity contribution in [3.8, 4) is 16.8 Å². The molecule has 0 fully saturated rings. The van der Waals surface area contributed by atoms with E-state index in [1.165, 1.54) is 42.1 Å². The quantitative estimate of drug-likeness (QED) is 0.125. The van der Waals surface area contributed by atoms with Crippen LogP contribution in [-0.4, -0.2) is 23.0 Å². The van der Waals surface area contributed by atoms with Crippen molar-refractivity contribution in [2.75, 3.05) is 0 Å². The summed E-state index contributed by atoms with van der Waals surface area (Å²) in [5.41, 5.74) is 8.69. The highest BCUT2D eigenvalue weighted by Crippen LogP contribution is 2.41. The molecule has 0 aliphatic carbocycles. The zero-order valence-electron chi connectivity index (χ0n) is 27.8. The van der Waals surface area contributed by atoms with Crippen molar-refractivity contribution in [1.82, 2.24) is 4.57 Å². The van der Waals surface area contributed by atoms with Crippen LogP contribution in [0.5, 0.6) is 0 Å². The second-order valence-electron chi connectivity index (χ2n) is 12.5. The summed E-state index contributed by atoms with van der Waals surface area (Å²) in [6.45, 7) is 4.44. The Morgan fingerprint density at radius 2 is 1.24 bits per heavy atom. The zero-order chi connectivity index (χ0) is 34.1. The fourth-order valence-corrected chi connectivity index (χ4v) is 8.23. The monoisotopic (exact) mass is 672 g/mol. The van der Waals surface area contributed by atoms with Crippen LogP contribution in [0.4, 0.5) is 0 Å². The van der Waals surface area contributed by atoms with E-state index in [-0.39, 0.29) is 0 Å². The lowest BCUT2D eigenvalue weighted by Gasteiger charge is -2.11. The number of hydrogen-bond acceptors (Lipinski definition) is 2. The first-order chi connectivity index (χ1) is 25.2. The second kappa shape index (κ2) is 13.1. The van der Waals surface area contributed by atoms with Crippen molar-refractivity contribution < 1.29 is 0 Å². The van der Waals surface area contributed by atoms with Gasteiger partial charge < -0.3 is 4.57 Å². The van der Waals surface area contributed by atoms with Gasteiger partial charge in [0.25, 0.3) is 0 Å². The summed E-state index contributed by atoms with van der Waals surface area (Å²) < 4.78 is 4.97. The standard InChI is InChI=1S/C46H32N4S/c1-47-45(49-46(32-16-6-3-7-17-32)48-30-31-14-4-2-5-15-31)34-18-12-19-35(28-34)50-41-24-10-8-20-37(41)40-29-33(26-27-42(40)50)36-22-13-23-39-38-21-9-11-25-43(38)51-44(36)39/h2-29H,1,30H2. The number of rotatable bonds is 6. The van der Waals surface area contributed by atoms with Crippen LogP contribution in [0.2, 0.25) is 0 Å². The first-order valence-corrected chi connectivity index (χ1v) is 17.8. The normalized spacial score (nSPS) is 12.3. The number of fused-ring (bicyclic) bond motifs is 6. The van der Waals surface area contributed by atoms with Crippen LogP contribution in [0, 0.1) is 0 Å². The molecule has 2 aromatic heterocycles. The molecule has 9 rings (SSSR count). The van der Waals surface area contributed by atoms with E-state index in [9.17, 15) is 0 Å². The van der Waals surface area contributed by atoms with E-state index in [0.29, 0.717) is 18.2 Å². The number of aromatic nitrogens is 1. The summed E-state index contributed by atoms with van der Waals surface area (Å²) in [6, 6.07) is 59.5. The third-order valence-corrected chi connectivity index (χ3v) is 10.6. The summed E-state index contributed by atoms with van der Waals surface area (Å²) in [4.78, 5) is 14.4. The molecule has 242 valence electrons. The number of benzene rings is 7. The van der Waals surface area contributed by atoms with Gasteiger partial charge in [-0.15, -0.1) is 11.3 Å². The highest BCUT2D eigenvalue weighted by atomic mass is 32.1. The molecule has 0 saturated heterocycles. The maximum atomic E-state index is 5.01. The number of para-hydroxylation sites is 1. The lowest BCUT2D eigenvalue weighted by atomic mass is 10.0. The van der Waals surface area contributed by atoms with Crippen LogP contribution in [0.25, 0.3) is 58.8 Å². The summed E-state index contributed by atoms with van der Waals surface area (Å²) >= 11 is 1.87. The molecule has 7 aromatic carbocycles. The van der Waals surface area contributed by atoms with Gasteiger partial charge in [0.15, 0.2) is 11.7 Å². The number of amidine groups is 2. The van der Waals surface area contributed by atoms with Crippen molar-refractivity contribution in [1.29, 1.82) is 0 Å². The van der Waals surface area contributed by atoms with E-state index in [4.69, 9.17) is 9.98 Å². The molecule has 0 atom stereocenters. The van der Waals surface area contributed by atoms with Gasteiger partial charge in [0.2, 0.25) is 0 Å². The molecule has 5 heteroatoms.